The van der Waals surface area contributed by atoms with Crippen molar-refractivity contribution in [1.29, 1.82) is 0 Å². The highest BCUT2D eigenvalue weighted by molar-refractivity contribution is 5.90. The summed E-state index contributed by atoms with van der Waals surface area (Å²) in [6.07, 6.45) is 0. The molecule has 0 radical (unpaired) electrons. The van der Waals surface area contributed by atoms with E-state index in [0.717, 1.165) is 5.56 Å². The Hall–Kier alpha value is -2.28. The van der Waals surface area contributed by atoms with Crippen LogP contribution in [0.3, 0.4) is 0 Å². The minimum Gasteiger partial charge on any atom is -0.345 e. The number of amides is 2. The van der Waals surface area contributed by atoms with E-state index in [2.05, 4.69) is 22.5 Å². The molecular weight excluding hydrogens is 216 g/mol. The van der Waals surface area contributed by atoms with Gasteiger partial charge in [0.05, 0.1) is 12.2 Å². The van der Waals surface area contributed by atoms with Crippen LogP contribution in [0.1, 0.15) is 19.4 Å². The molecule has 4 nitrogen and oxygen atoms in total. The van der Waals surface area contributed by atoms with Gasteiger partial charge in [-0.1, -0.05) is 24.0 Å². The van der Waals surface area contributed by atoms with E-state index in [4.69, 9.17) is 0 Å². The minimum absolute atomic E-state index is 0.116. The van der Waals surface area contributed by atoms with Crippen LogP contribution < -0.4 is 10.6 Å². The Morgan fingerprint density at radius 2 is 1.88 bits per heavy atom. The Balaban J connectivity index is 2.75. The van der Waals surface area contributed by atoms with Crippen LogP contribution in [0.5, 0.6) is 0 Å². The predicted octanol–water partition coefficient (Wildman–Crippen LogP) is 1.13. The molecule has 17 heavy (non-hydrogen) atoms. The molecule has 1 aromatic carbocycles. The molecule has 1 rings (SSSR count). The van der Waals surface area contributed by atoms with E-state index in [1.165, 1.54) is 13.8 Å². The fourth-order valence-electron chi connectivity index (χ4n) is 1.20. The standard InChI is InChI=1S/C13H14N2O2/c1-10(16)14-9-5-7-12-6-3-4-8-13(12)15-11(2)17/h3-4,6,8H,9H2,1-2H3,(H,14,16)(H,15,17). The number of nitrogens with one attached hydrogen (secondary N) is 2. The molecule has 0 spiro atoms. The fraction of sp³-hybridized carbons (Fsp3) is 0.231. The van der Waals surface area contributed by atoms with Crippen LogP contribution in [-0.4, -0.2) is 18.4 Å². The van der Waals surface area contributed by atoms with E-state index in [9.17, 15) is 9.59 Å². The van der Waals surface area contributed by atoms with Gasteiger partial charge < -0.3 is 10.6 Å². The molecule has 88 valence electrons. The summed E-state index contributed by atoms with van der Waals surface area (Å²) in [5, 5.41) is 5.27. The number of carbonyl (C=O) groups excluding carboxylic acids is 2. The van der Waals surface area contributed by atoms with Crippen molar-refractivity contribution in [2.24, 2.45) is 0 Å². The lowest BCUT2D eigenvalue weighted by Gasteiger charge is -2.03. The number of anilines is 1. The number of carbonyl (C=O) groups is 2. The second kappa shape index (κ2) is 6.33. The van der Waals surface area contributed by atoms with Gasteiger partial charge in [0.1, 0.15) is 0 Å². The fourth-order valence-corrected chi connectivity index (χ4v) is 1.20. The van der Waals surface area contributed by atoms with Gasteiger partial charge in [-0.3, -0.25) is 9.59 Å². The van der Waals surface area contributed by atoms with Gasteiger partial charge >= 0.3 is 0 Å². The van der Waals surface area contributed by atoms with E-state index in [0.29, 0.717) is 12.2 Å². The Morgan fingerprint density at radius 1 is 1.18 bits per heavy atom. The zero-order chi connectivity index (χ0) is 12.7. The maximum absolute atomic E-state index is 11.0. The molecule has 0 aliphatic carbocycles. The molecule has 4 heteroatoms. The van der Waals surface area contributed by atoms with Crippen molar-refractivity contribution in [2.45, 2.75) is 13.8 Å². The zero-order valence-corrected chi connectivity index (χ0v) is 9.83. The van der Waals surface area contributed by atoms with Crippen LogP contribution in [0.2, 0.25) is 0 Å². The molecule has 0 fully saturated rings. The van der Waals surface area contributed by atoms with Crippen LogP contribution in [0, 0.1) is 11.8 Å². The van der Waals surface area contributed by atoms with Gasteiger partial charge in [0.2, 0.25) is 11.8 Å². The van der Waals surface area contributed by atoms with Gasteiger partial charge in [-0.2, -0.15) is 0 Å². The van der Waals surface area contributed by atoms with Crippen LogP contribution >= 0.6 is 0 Å². The smallest absolute Gasteiger partial charge is 0.221 e. The SMILES string of the molecule is CC(=O)NCC#Cc1ccccc1NC(C)=O. The first-order valence-electron chi connectivity index (χ1n) is 5.19. The molecule has 2 amide bonds. The average molecular weight is 230 g/mol. The molecule has 0 saturated carbocycles. The monoisotopic (exact) mass is 230 g/mol. The highest BCUT2D eigenvalue weighted by Crippen LogP contribution is 2.13. The summed E-state index contributed by atoms with van der Waals surface area (Å²) in [5.41, 5.74) is 1.41. The summed E-state index contributed by atoms with van der Waals surface area (Å²) < 4.78 is 0. The van der Waals surface area contributed by atoms with Gasteiger partial charge in [-0.15, -0.1) is 0 Å². The van der Waals surface area contributed by atoms with Gasteiger partial charge in [0.25, 0.3) is 0 Å². The first-order valence-corrected chi connectivity index (χ1v) is 5.19. The summed E-state index contributed by atoms with van der Waals surface area (Å²) in [4.78, 5) is 21.6. The summed E-state index contributed by atoms with van der Waals surface area (Å²) in [6, 6.07) is 7.26. The zero-order valence-electron chi connectivity index (χ0n) is 9.83. The Bertz CT molecular complexity index is 484. The third kappa shape index (κ3) is 4.85. The summed E-state index contributed by atoms with van der Waals surface area (Å²) in [6.45, 7) is 3.18. The number of hydrogen-bond acceptors (Lipinski definition) is 2. The second-order valence-electron chi connectivity index (χ2n) is 3.44. The molecule has 0 saturated heterocycles. The molecule has 0 heterocycles. The maximum atomic E-state index is 11.0. The first-order chi connectivity index (χ1) is 8.09. The van der Waals surface area contributed by atoms with Crippen LogP contribution in [-0.2, 0) is 9.59 Å². The summed E-state index contributed by atoms with van der Waals surface area (Å²) >= 11 is 0. The van der Waals surface area contributed by atoms with E-state index >= 15 is 0 Å². The molecule has 0 bridgehead atoms. The van der Waals surface area contributed by atoms with Crippen molar-refractivity contribution in [2.75, 3.05) is 11.9 Å². The van der Waals surface area contributed by atoms with Crippen LogP contribution in [0.4, 0.5) is 5.69 Å². The van der Waals surface area contributed by atoms with Gasteiger partial charge in [0.15, 0.2) is 0 Å². The van der Waals surface area contributed by atoms with Crippen LogP contribution in [0.25, 0.3) is 0 Å². The molecule has 1 aromatic rings. The van der Waals surface area contributed by atoms with Crippen molar-refractivity contribution in [3.05, 3.63) is 29.8 Å². The first kappa shape index (κ1) is 12.8. The van der Waals surface area contributed by atoms with E-state index in [1.54, 1.807) is 6.07 Å². The van der Waals surface area contributed by atoms with E-state index in [-0.39, 0.29) is 11.8 Å². The lowest BCUT2D eigenvalue weighted by molar-refractivity contribution is -0.118. The second-order valence-corrected chi connectivity index (χ2v) is 3.44. The Kier molecular flexibility index (Phi) is 4.77. The number of hydrogen-bond donors (Lipinski definition) is 2. The number of benzene rings is 1. The lowest BCUT2D eigenvalue weighted by Crippen LogP contribution is -2.19. The Labute approximate surface area is 100 Å². The van der Waals surface area contributed by atoms with E-state index < -0.39 is 0 Å². The van der Waals surface area contributed by atoms with Crippen LogP contribution in [0.15, 0.2) is 24.3 Å². The molecule has 0 atom stereocenters. The summed E-state index contributed by atoms with van der Waals surface area (Å²) in [7, 11) is 0. The minimum atomic E-state index is -0.138. The van der Waals surface area contributed by atoms with Crippen molar-refractivity contribution in [3.63, 3.8) is 0 Å². The van der Waals surface area contributed by atoms with Gasteiger partial charge in [0, 0.05) is 19.4 Å². The predicted molar refractivity (Wildman–Crippen MR) is 66.3 cm³/mol. The molecule has 2 N–H and O–H groups in total. The molecule has 0 aliphatic heterocycles. The van der Waals surface area contributed by atoms with Crippen molar-refractivity contribution < 1.29 is 9.59 Å². The van der Waals surface area contributed by atoms with Crippen molar-refractivity contribution in [3.8, 4) is 11.8 Å². The molecule has 0 unspecified atom stereocenters. The Morgan fingerprint density at radius 3 is 2.53 bits per heavy atom. The average Bonchev–Trinajstić information content (AvgIpc) is 2.25. The summed E-state index contributed by atoms with van der Waals surface area (Å²) in [5.74, 6) is 5.45. The largest absolute Gasteiger partial charge is 0.345 e. The third-order valence-electron chi connectivity index (χ3n) is 1.89. The molecule has 0 aromatic heterocycles. The normalized spacial score (nSPS) is 8.82. The quantitative estimate of drug-likeness (QED) is 0.748. The van der Waals surface area contributed by atoms with Gasteiger partial charge in [-0.25, -0.2) is 0 Å². The molecule has 0 aliphatic rings. The molecular formula is C13H14N2O2. The number of para-hydroxylation sites is 1. The topological polar surface area (TPSA) is 58.2 Å². The number of rotatable bonds is 2. The van der Waals surface area contributed by atoms with E-state index in [1.807, 2.05) is 18.2 Å². The van der Waals surface area contributed by atoms with Gasteiger partial charge in [-0.05, 0) is 12.1 Å². The maximum Gasteiger partial charge on any atom is 0.221 e. The lowest BCUT2D eigenvalue weighted by atomic mass is 10.2. The van der Waals surface area contributed by atoms with Crippen molar-refractivity contribution in [1.82, 2.24) is 5.32 Å². The highest BCUT2D eigenvalue weighted by atomic mass is 16.2. The highest BCUT2D eigenvalue weighted by Gasteiger charge is 1.99. The third-order valence-corrected chi connectivity index (χ3v) is 1.89. The van der Waals surface area contributed by atoms with Crippen molar-refractivity contribution >= 4 is 17.5 Å².